The maximum Gasteiger partial charge on any atom is 0.337 e. The average molecular weight is 262 g/mol. The van der Waals surface area contributed by atoms with Crippen LogP contribution in [-0.2, 0) is 0 Å². The minimum atomic E-state index is -0.938. The zero-order valence-electron chi connectivity index (χ0n) is 11.5. The molecule has 104 valence electrons. The minimum Gasteiger partial charge on any atom is -0.478 e. The summed E-state index contributed by atoms with van der Waals surface area (Å²) in [5, 5.41) is 12.6. The van der Waals surface area contributed by atoms with Gasteiger partial charge in [-0.25, -0.2) is 4.79 Å². The molecule has 0 bridgehead atoms. The van der Waals surface area contributed by atoms with E-state index in [2.05, 4.69) is 19.2 Å². The van der Waals surface area contributed by atoms with Gasteiger partial charge in [0.25, 0.3) is 0 Å². The smallest absolute Gasteiger partial charge is 0.337 e. The van der Waals surface area contributed by atoms with Crippen molar-refractivity contribution in [2.75, 3.05) is 11.1 Å². The lowest BCUT2D eigenvalue weighted by Crippen LogP contribution is -2.25. The fourth-order valence-electron chi connectivity index (χ4n) is 3.09. The standard InChI is InChI=1S/C15H22N2O2/c1-3-10-4-6-13(9(10)2)17-14-7-5-11(16)8-12(14)15(18)19/h5,7-10,13,17H,3-4,6,16H2,1-2H3,(H,18,19). The quantitative estimate of drug-likeness (QED) is 0.728. The number of carbonyl (C=O) groups is 1. The summed E-state index contributed by atoms with van der Waals surface area (Å²) in [6, 6.07) is 5.38. The van der Waals surface area contributed by atoms with Crippen molar-refractivity contribution in [3.63, 3.8) is 0 Å². The van der Waals surface area contributed by atoms with E-state index in [1.807, 2.05) is 0 Å². The first kappa shape index (κ1) is 13.7. The second-order valence-corrected chi connectivity index (χ2v) is 5.47. The Labute approximate surface area is 114 Å². The van der Waals surface area contributed by atoms with E-state index in [1.165, 1.54) is 18.9 Å². The zero-order chi connectivity index (χ0) is 14.0. The van der Waals surface area contributed by atoms with Gasteiger partial charge in [0.05, 0.1) is 5.56 Å². The molecule has 4 N–H and O–H groups in total. The first-order chi connectivity index (χ1) is 9.02. The van der Waals surface area contributed by atoms with Crippen LogP contribution in [0.4, 0.5) is 11.4 Å². The first-order valence-corrected chi connectivity index (χ1v) is 6.92. The highest BCUT2D eigenvalue weighted by atomic mass is 16.4. The number of carboxylic acid groups (broad SMARTS) is 1. The molecule has 1 aromatic rings. The second-order valence-electron chi connectivity index (χ2n) is 5.47. The molecule has 1 aromatic carbocycles. The largest absolute Gasteiger partial charge is 0.478 e. The summed E-state index contributed by atoms with van der Waals surface area (Å²) in [5.74, 6) is 0.372. The predicted octanol–water partition coefficient (Wildman–Crippen LogP) is 3.20. The third-order valence-corrected chi connectivity index (χ3v) is 4.37. The Bertz CT molecular complexity index is 473. The molecule has 1 aliphatic rings. The molecule has 0 aromatic heterocycles. The molecule has 2 rings (SSSR count). The number of nitrogen functional groups attached to an aromatic ring is 1. The molecule has 0 amide bonds. The van der Waals surface area contributed by atoms with Crippen LogP contribution in [0.2, 0.25) is 0 Å². The average Bonchev–Trinajstić information content (AvgIpc) is 2.72. The second kappa shape index (κ2) is 5.51. The van der Waals surface area contributed by atoms with E-state index in [0.717, 1.165) is 12.3 Å². The monoisotopic (exact) mass is 262 g/mol. The van der Waals surface area contributed by atoms with E-state index in [9.17, 15) is 9.90 Å². The lowest BCUT2D eigenvalue weighted by atomic mass is 9.93. The van der Waals surface area contributed by atoms with Crippen molar-refractivity contribution in [2.24, 2.45) is 11.8 Å². The van der Waals surface area contributed by atoms with Gasteiger partial charge in [0, 0.05) is 17.4 Å². The molecule has 4 heteroatoms. The van der Waals surface area contributed by atoms with Crippen molar-refractivity contribution >= 4 is 17.3 Å². The summed E-state index contributed by atoms with van der Waals surface area (Å²) < 4.78 is 0. The Kier molecular flexibility index (Phi) is 3.98. The van der Waals surface area contributed by atoms with Crippen LogP contribution in [-0.4, -0.2) is 17.1 Å². The summed E-state index contributed by atoms with van der Waals surface area (Å²) in [7, 11) is 0. The maximum atomic E-state index is 11.3. The number of hydrogen-bond acceptors (Lipinski definition) is 3. The number of carboxylic acids is 1. The van der Waals surface area contributed by atoms with E-state index < -0.39 is 5.97 Å². The van der Waals surface area contributed by atoms with Gasteiger partial charge in [-0.1, -0.05) is 20.3 Å². The molecule has 3 atom stereocenters. The Morgan fingerprint density at radius 3 is 2.79 bits per heavy atom. The highest BCUT2D eigenvalue weighted by Gasteiger charge is 2.31. The van der Waals surface area contributed by atoms with E-state index in [-0.39, 0.29) is 5.56 Å². The van der Waals surface area contributed by atoms with Crippen molar-refractivity contribution in [3.05, 3.63) is 23.8 Å². The van der Waals surface area contributed by atoms with Gasteiger partial charge in [0.15, 0.2) is 0 Å². The van der Waals surface area contributed by atoms with Crippen LogP contribution < -0.4 is 11.1 Å². The van der Waals surface area contributed by atoms with Crippen molar-refractivity contribution in [3.8, 4) is 0 Å². The van der Waals surface area contributed by atoms with Crippen molar-refractivity contribution in [2.45, 2.75) is 39.2 Å². The van der Waals surface area contributed by atoms with Crippen molar-refractivity contribution in [1.29, 1.82) is 0 Å². The molecule has 0 aliphatic heterocycles. The Morgan fingerprint density at radius 2 is 2.21 bits per heavy atom. The maximum absolute atomic E-state index is 11.3. The number of benzene rings is 1. The van der Waals surface area contributed by atoms with Gasteiger partial charge in [0.2, 0.25) is 0 Å². The van der Waals surface area contributed by atoms with Crippen LogP contribution in [0.3, 0.4) is 0 Å². The van der Waals surface area contributed by atoms with Crippen molar-refractivity contribution < 1.29 is 9.90 Å². The third-order valence-electron chi connectivity index (χ3n) is 4.37. The normalized spacial score (nSPS) is 26.3. The summed E-state index contributed by atoms with van der Waals surface area (Å²) >= 11 is 0. The van der Waals surface area contributed by atoms with E-state index in [0.29, 0.717) is 23.3 Å². The van der Waals surface area contributed by atoms with Gasteiger partial charge in [-0.3, -0.25) is 0 Å². The molecule has 3 unspecified atom stereocenters. The molecule has 0 radical (unpaired) electrons. The van der Waals surface area contributed by atoms with Gasteiger partial charge < -0.3 is 16.2 Å². The summed E-state index contributed by atoms with van der Waals surface area (Å²) in [4.78, 5) is 11.3. The zero-order valence-corrected chi connectivity index (χ0v) is 11.5. The summed E-state index contributed by atoms with van der Waals surface area (Å²) in [5.41, 5.74) is 7.07. The number of nitrogens with two attached hydrogens (primary N) is 1. The highest BCUT2D eigenvalue weighted by molar-refractivity contribution is 5.95. The summed E-state index contributed by atoms with van der Waals surface area (Å²) in [6.07, 6.45) is 3.50. The van der Waals surface area contributed by atoms with Gasteiger partial charge in [0.1, 0.15) is 0 Å². The molecule has 19 heavy (non-hydrogen) atoms. The van der Waals surface area contributed by atoms with Crippen LogP contribution in [0.25, 0.3) is 0 Å². The van der Waals surface area contributed by atoms with Crippen LogP contribution >= 0.6 is 0 Å². The van der Waals surface area contributed by atoms with Crippen LogP contribution in [0.1, 0.15) is 43.5 Å². The Hall–Kier alpha value is -1.71. The lowest BCUT2D eigenvalue weighted by molar-refractivity contribution is 0.0698. The topological polar surface area (TPSA) is 75.3 Å². The summed E-state index contributed by atoms with van der Waals surface area (Å²) in [6.45, 7) is 4.46. The molecular formula is C15H22N2O2. The van der Waals surface area contributed by atoms with E-state index in [4.69, 9.17) is 5.73 Å². The van der Waals surface area contributed by atoms with Crippen molar-refractivity contribution in [1.82, 2.24) is 0 Å². The number of anilines is 2. The molecule has 1 saturated carbocycles. The number of nitrogens with one attached hydrogen (secondary N) is 1. The van der Waals surface area contributed by atoms with Crippen LogP contribution in [0.5, 0.6) is 0 Å². The predicted molar refractivity (Wildman–Crippen MR) is 77.4 cm³/mol. The fraction of sp³-hybridized carbons (Fsp3) is 0.533. The molecule has 0 heterocycles. The van der Waals surface area contributed by atoms with E-state index >= 15 is 0 Å². The van der Waals surface area contributed by atoms with Gasteiger partial charge in [-0.05, 0) is 42.9 Å². The minimum absolute atomic E-state index is 0.257. The molecule has 4 nitrogen and oxygen atoms in total. The number of rotatable bonds is 4. The number of hydrogen-bond donors (Lipinski definition) is 3. The third kappa shape index (κ3) is 2.83. The highest BCUT2D eigenvalue weighted by Crippen LogP contribution is 2.36. The molecule has 1 aliphatic carbocycles. The Balaban J connectivity index is 2.18. The fourth-order valence-corrected chi connectivity index (χ4v) is 3.09. The van der Waals surface area contributed by atoms with Gasteiger partial charge >= 0.3 is 5.97 Å². The van der Waals surface area contributed by atoms with Gasteiger partial charge in [-0.2, -0.15) is 0 Å². The SMILES string of the molecule is CCC1CCC(Nc2ccc(N)cc2C(=O)O)C1C. The van der Waals surface area contributed by atoms with Crippen LogP contribution in [0, 0.1) is 11.8 Å². The lowest BCUT2D eigenvalue weighted by Gasteiger charge is -2.23. The first-order valence-electron chi connectivity index (χ1n) is 6.92. The molecule has 0 spiro atoms. The molecule has 0 saturated heterocycles. The van der Waals surface area contributed by atoms with Gasteiger partial charge in [-0.15, -0.1) is 0 Å². The molecular weight excluding hydrogens is 240 g/mol. The van der Waals surface area contributed by atoms with E-state index in [1.54, 1.807) is 12.1 Å². The Morgan fingerprint density at radius 1 is 1.47 bits per heavy atom. The molecule has 1 fully saturated rings. The van der Waals surface area contributed by atoms with Crippen LogP contribution in [0.15, 0.2) is 18.2 Å². The number of aromatic carboxylic acids is 1.